The Morgan fingerprint density at radius 2 is 2.09 bits per heavy atom. The summed E-state index contributed by atoms with van der Waals surface area (Å²) >= 11 is 0. The highest BCUT2D eigenvalue weighted by molar-refractivity contribution is 5.83. The highest BCUT2D eigenvalue weighted by Gasteiger charge is 2.46. The Morgan fingerprint density at radius 3 is 2.74 bits per heavy atom. The average molecular weight is 313 g/mol. The van der Waals surface area contributed by atoms with Gasteiger partial charge in [-0.2, -0.15) is 0 Å². The number of nitrogens with one attached hydrogen (secondary N) is 1. The average Bonchev–Trinajstić information content (AvgIpc) is 3.13. The number of rotatable bonds is 6. The summed E-state index contributed by atoms with van der Waals surface area (Å²) in [5.41, 5.74) is 1.82. The second-order valence-electron chi connectivity index (χ2n) is 5.98. The number of hydrogen-bond donors (Lipinski definition) is 2. The zero-order valence-electron chi connectivity index (χ0n) is 12.9. The van der Waals surface area contributed by atoms with E-state index in [4.69, 9.17) is 9.52 Å². The molecule has 0 aliphatic heterocycles. The number of carbonyl (C=O) groups excluding carboxylic acids is 1. The number of amides is 1. The normalized spacial score (nSPS) is 20.7. The first kappa shape index (κ1) is 15.3. The molecule has 3 atom stereocenters. The van der Waals surface area contributed by atoms with Crippen LogP contribution in [0.4, 0.5) is 0 Å². The van der Waals surface area contributed by atoms with Crippen molar-refractivity contribution < 1.29 is 19.1 Å². The lowest BCUT2D eigenvalue weighted by atomic mass is 9.98. The van der Waals surface area contributed by atoms with Gasteiger partial charge in [-0.1, -0.05) is 24.3 Å². The molecule has 1 amide bonds. The number of furan rings is 1. The Bertz CT molecular complexity index is 708. The second-order valence-corrected chi connectivity index (χ2v) is 5.98. The van der Waals surface area contributed by atoms with E-state index < -0.39 is 12.0 Å². The molecule has 1 aliphatic rings. The van der Waals surface area contributed by atoms with Gasteiger partial charge < -0.3 is 14.8 Å². The number of hydrogen-bond acceptors (Lipinski definition) is 3. The fourth-order valence-electron chi connectivity index (χ4n) is 2.97. The van der Waals surface area contributed by atoms with Crippen molar-refractivity contribution in [3.63, 3.8) is 0 Å². The summed E-state index contributed by atoms with van der Waals surface area (Å²) in [6, 6.07) is 10.7. The Kier molecular flexibility index (Phi) is 4.19. The van der Waals surface area contributed by atoms with Gasteiger partial charge in [-0.3, -0.25) is 9.59 Å². The molecule has 120 valence electrons. The summed E-state index contributed by atoms with van der Waals surface area (Å²) in [5.74, 6) is -0.262. The number of aliphatic carboxylic acids is 1. The number of aryl methyl sites for hydroxylation is 1. The van der Waals surface area contributed by atoms with Gasteiger partial charge in [-0.15, -0.1) is 0 Å². The van der Waals surface area contributed by atoms with Crippen LogP contribution in [-0.2, 0) is 9.59 Å². The van der Waals surface area contributed by atoms with Gasteiger partial charge in [-0.25, -0.2) is 0 Å². The third kappa shape index (κ3) is 3.44. The molecule has 1 saturated carbocycles. The lowest BCUT2D eigenvalue weighted by Crippen LogP contribution is -2.32. The highest BCUT2D eigenvalue weighted by Crippen LogP contribution is 2.48. The summed E-state index contributed by atoms with van der Waals surface area (Å²) in [4.78, 5) is 23.6. The molecule has 1 fully saturated rings. The molecule has 0 spiro atoms. The minimum absolute atomic E-state index is 0.104. The molecule has 3 unspecified atom stereocenters. The van der Waals surface area contributed by atoms with Crippen LogP contribution in [0.1, 0.15) is 41.7 Å². The Hall–Kier alpha value is -2.56. The molecule has 0 radical (unpaired) electrons. The fraction of sp³-hybridized carbons (Fsp3) is 0.333. The number of benzene rings is 1. The van der Waals surface area contributed by atoms with Crippen molar-refractivity contribution in [1.82, 2.24) is 5.32 Å². The third-order valence-corrected chi connectivity index (χ3v) is 4.29. The summed E-state index contributed by atoms with van der Waals surface area (Å²) in [5, 5.41) is 12.0. The maximum absolute atomic E-state index is 12.4. The van der Waals surface area contributed by atoms with Crippen LogP contribution >= 0.6 is 0 Å². The van der Waals surface area contributed by atoms with E-state index in [9.17, 15) is 9.59 Å². The topological polar surface area (TPSA) is 79.5 Å². The maximum Gasteiger partial charge on any atom is 0.305 e. The molecule has 5 nitrogen and oxygen atoms in total. The van der Waals surface area contributed by atoms with Crippen LogP contribution in [0.5, 0.6) is 0 Å². The highest BCUT2D eigenvalue weighted by atomic mass is 16.4. The third-order valence-electron chi connectivity index (χ3n) is 4.29. The van der Waals surface area contributed by atoms with Gasteiger partial charge in [0.15, 0.2) is 0 Å². The van der Waals surface area contributed by atoms with Gasteiger partial charge in [0.05, 0.1) is 18.7 Å². The lowest BCUT2D eigenvalue weighted by molar-refractivity contribution is -0.137. The molecule has 0 bridgehead atoms. The summed E-state index contributed by atoms with van der Waals surface area (Å²) in [6.45, 7) is 1.92. The first-order valence-corrected chi connectivity index (χ1v) is 7.67. The molecule has 1 aromatic heterocycles. The molecule has 5 heteroatoms. The van der Waals surface area contributed by atoms with Crippen molar-refractivity contribution >= 4 is 11.9 Å². The maximum atomic E-state index is 12.4. The van der Waals surface area contributed by atoms with Crippen molar-refractivity contribution in [3.8, 4) is 0 Å². The molecule has 1 aliphatic carbocycles. The SMILES string of the molecule is Cc1ccccc1C(CC(=O)O)NC(=O)C1CC1c1ccco1. The summed E-state index contributed by atoms with van der Waals surface area (Å²) < 4.78 is 5.34. The number of carboxylic acids is 1. The predicted octanol–water partition coefficient (Wildman–Crippen LogP) is 3.02. The van der Waals surface area contributed by atoms with E-state index in [0.29, 0.717) is 0 Å². The molecule has 23 heavy (non-hydrogen) atoms. The minimum Gasteiger partial charge on any atom is -0.481 e. The molecule has 0 saturated heterocycles. The first-order valence-electron chi connectivity index (χ1n) is 7.67. The Balaban J connectivity index is 1.71. The first-order chi connectivity index (χ1) is 11.1. The van der Waals surface area contributed by atoms with Crippen LogP contribution in [0.15, 0.2) is 47.1 Å². The van der Waals surface area contributed by atoms with Crippen LogP contribution in [0.25, 0.3) is 0 Å². The van der Waals surface area contributed by atoms with E-state index >= 15 is 0 Å². The molecular weight excluding hydrogens is 294 g/mol. The van der Waals surface area contributed by atoms with E-state index in [1.54, 1.807) is 6.26 Å². The van der Waals surface area contributed by atoms with Gasteiger partial charge in [0, 0.05) is 11.8 Å². The monoisotopic (exact) mass is 313 g/mol. The molecule has 2 aromatic rings. The van der Waals surface area contributed by atoms with Crippen LogP contribution in [-0.4, -0.2) is 17.0 Å². The zero-order valence-corrected chi connectivity index (χ0v) is 12.9. The van der Waals surface area contributed by atoms with Crippen molar-refractivity contribution in [2.75, 3.05) is 0 Å². The van der Waals surface area contributed by atoms with Crippen molar-refractivity contribution in [2.45, 2.75) is 31.7 Å². The molecule has 2 N–H and O–H groups in total. The van der Waals surface area contributed by atoms with Crippen LogP contribution < -0.4 is 5.32 Å². The standard InChI is InChI=1S/C18H19NO4/c1-11-5-2-3-6-12(11)15(10-17(20)21)19-18(22)14-9-13(14)16-7-4-8-23-16/h2-8,13-15H,9-10H2,1H3,(H,19,22)(H,20,21). The molecule has 3 rings (SSSR count). The van der Waals surface area contributed by atoms with Gasteiger partial charge >= 0.3 is 5.97 Å². The van der Waals surface area contributed by atoms with Crippen LogP contribution in [0.3, 0.4) is 0 Å². The lowest BCUT2D eigenvalue weighted by Gasteiger charge is -2.19. The molecular formula is C18H19NO4. The van der Waals surface area contributed by atoms with Gasteiger partial charge in [0.25, 0.3) is 0 Å². The van der Waals surface area contributed by atoms with Crippen molar-refractivity contribution in [3.05, 3.63) is 59.5 Å². The van der Waals surface area contributed by atoms with Gasteiger partial charge in [0.1, 0.15) is 5.76 Å². The minimum atomic E-state index is -0.933. The summed E-state index contributed by atoms with van der Waals surface area (Å²) in [6.07, 6.45) is 2.21. The largest absolute Gasteiger partial charge is 0.481 e. The van der Waals surface area contributed by atoms with Crippen molar-refractivity contribution in [2.24, 2.45) is 5.92 Å². The molecule has 1 aromatic carbocycles. The zero-order chi connectivity index (χ0) is 16.4. The van der Waals surface area contributed by atoms with E-state index in [-0.39, 0.29) is 24.2 Å². The quantitative estimate of drug-likeness (QED) is 0.859. The van der Waals surface area contributed by atoms with Crippen LogP contribution in [0, 0.1) is 12.8 Å². The number of carboxylic acid groups (broad SMARTS) is 1. The Morgan fingerprint density at radius 1 is 1.30 bits per heavy atom. The van der Waals surface area contributed by atoms with E-state index in [2.05, 4.69) is 5.32 Å². The van der Waals surface area contributed by atoms with Gasteiger partial charge in [-0.05, 0) is 36.6 Å². The van der Waals surface area contributed by atoms with Crippen molar-refractivity contribution in [1.29, 1.82) is 0 Å². The second kappa shape index (κ2) is 6.28. The fourth-order valence-corrected chi connectivity index (χ4v) is 2.97. The van der Waals surface area contributed by atoms with E-state index in [1.807, 2.05) is 43.3 Å². The molecule has 1 heterocycles. The predicted molar refractivity (Wildman–Crippen MR) is 83.9 cm³/mol. The van der Waals surface area contributed by atoms with Gasteiger partial charge in [0.2, 0.25) is 5.91 Å². The van der Waals surface area contributed by atoms with E-state index in [0.717, 1.165) is 23.3 Å². The Labute approximate surface area is 134 Å². The summed E-state index contributed by atoms with van der Waals surface area (Å²) in [7, 11) is 0. The smallest absolute Gasteiger partial charge is 0.305 e. The number of carbonyl (C=O) groups is 2. The van der Waals surface area contributed by atoms with Crippen LogP contribution in [0.2, 0.25) is 0 Å². The van der Waals surface area contributed by atoms with E-state index in [1.165, 1.54) is 0 Å².